The topological polar surface area (TPSA) is 80.4 Å². The fourth-order valence-electron chi connectivity index (χ4n) is 2.31. The zero-order chi connectivity index (χ0) is 16.8. The minimum atomic E-state index is -4.44. The highest BCUT2D eigenvalue weighted by Crippen LogP contribution is 2.30. The first-order valence-electron chi connectivity index (χ1n) is 6.49. The molecule has 0 saturated carbocycles. The number of halogens is 3. The van der Waals surface area contributed by atoms with Gasteiger partial charge in [-0.1, -0.05) is 12.1 Å². The lowest BCUT2D eigenvalue weighted by atomic mass is 10.1. The molecule has 0 unspecified atom stereocenters. The lowest BCUT2D eigenvalue weighted by Gasteiger charge is -2.08. The number of alkyl halides is 3. The minimum Gasteiger partial charge on any atom is -0.364 e. The lowest BCUT2D eigenvalue weighted by Crippen LogP contribution is -2.17. The predicted molar refractivity (Wildman–Crippen MR) is 77.0 cm³/mol. The highest BCUT2D eigenvalue weighted by molar-refractivity contribution is 5.92. The van der Waals surface area contributed by atoms with Crippen LogP contribution < -0.4 is 11.3 Å². The van der Waals surface area contributed by atoms with E-state index < -0.39 is 23.2 Å². The molecule has 23 heavy (non-hydrogen) atoms. The maximum Gasteiger partial charge on any atom is 0.416 e. The summed E-state index contributed by atoms with van der Waals surface area (Å²) in [5.74, 6) is -0.714. The molecule has 2 heterocycles. The van der Waals surface area contributed by atoms with Crippen LogP contribution in [-0.4, -0.2) is 15.3 Å². The van der Waals surface area contributed by atoms with Crippen molar-refractivity contribution in [1.82, 2.24) is 9.38 Å². The number of nitrogens with zero attached hydrogens (tertiary/aromatic N) is 1. The fraction of sp³-hybridized carbons (Fsp3) is 0.0667. The van der Waals surface area contributed by atoms with Crippen molar-refractivity contribution in [2.45, 2.75) is 6.18 Å². The number of carbonyl (C=O) groups excluding carboxylic acids is 1. The van der Waals surface area contributed by atoms with Gasteiger partial charge >= 0.3 is 6.18 Å². The van der Waals surface area contributed by atoms with Gasteiger partial charge in [0.15, 0.2) is 0 Å². The summed E-state index contributed by atoms with van der Waals surface area (Å²) in [5.41, 5.74) is 4.95. The van der Waals surface area contributed by atoms with E-state index >= 15 is 0 Å². The van der Waals surface area contributed by atoms with Gasteiger partial charge < -0.3 is 15.1 Å². The number of benzene rings is 1. The van der Waals surface area contributed by atoms with Gasteiger partial charge in [-0.05, 0) is 29.8 Å². The third-order valence-electron chi connectivity index (χ3n) is 3.43. The molecule has 0 aliphatic rings. The molecule has 0 saturated heterocycles. The number of nitrogens with one attached hydrogen (secondary N) is 1. The van der Waals surface area contributed by atoms with Crippen LogP contribution in [0.2, 0.25) is 0 Å². The van der Waals surface area contributed by atoms with Crippen LogP contribution in [0.3, 0.4) is 0 Å². The maximum absolute atomic E-state index is 12.6. The average molecular weight is 321 g/mol. The number of hydrogen-bond acceptors (Lipinski definition) is 2. The molecule has 0 atom stereocenters. The number of nitrogens with two attached hydrogens (primary N) is 1. The van der Waals surface area contributed by atoms with E-state index in [1.54, 1.807) is 0 Å². The lowest BCUT2D eigenvalue weighted by molar-refractivity contribution is -0.137. The Kier molecular flexibility index (Phi) is 3.24. The van der Waals surface area contributed by atoms with Gasteiger partial charge in [-0.15, -0.1) is 0 Å². The third-order valence-corrected chi connectivity index (χ3v) is 3.43. The van der Waals surface area contributed by atoms with Gasteiger partial charge in [-0.25, -0.2) is 0 Å². The van der Waals surface area contributed by atoms with E-state index in [4.69, 9.17) is 5.73 Å². The standard InChI is InChI=1S/C15H10F3N3O2/c16-15(17,18)9-3-1-8(2-4-9)10-7-21-11(13(19)22)5-6-12(21)14(23)20-10/h1-7H,(H2,19,22)(H,20,23). The molecular formula is C15H10F3N3O2. The van der Waals surface area contributed by atoms with Crippen LogP contribution in [0, 0.1) is 0 Å². The zero-order valence-electron chi connectivity index (χ0n) is 11.5. The molecule has 3 aromatic rings. The molecule has 3 rings (SSSR count). The number of fused-ring (bicyclic) bond motifs is 1. The zero-order valence-corrected chi connectivity index (χ0v) is 11.5. The average Bonchev–Trinajstić information content (AvgIpc) is 2.91. The van der Waals surface area contributed by atoms with Gasteiger partial charge in [-0.3, -0.25) is 9.59 Å². The molecule has 3 N–H and O–H groups in total. The molecule has 1 amide bonds. The molecule has 118 valence electrons. The Morgan fingerprint density at radius 1 is 1.09 bits per heavy atom. The number of primary amides is 1. The van der Waals surface area contributed by atoms with E-state index in [0.29, 0.717) is 5.56 Å². The van der Waals surface area contributed by atoms with E-state index in [1.165, 1.54) is 34.9 Å². The van der Waals surface area contributed by atoms with Crippen molar-refractivity contribution in [3.63, 3.8) is 0 Å². The Morgan fingerprint density at radius 3 is 2.30 bits per heavy atom. The highest BCUT2D eigenvalue weighted by Gasteiger charge is 2.30. The van der Waals surface area contributed by atoms with Gasteiger partial charge in [0.05, 0.1) is 11.3 Å². The maximum atomic E-state index is 12.6. The Bertz CT molecular complexity index is 953. The van der Waals surface area contributed by atoms with Crippen LogP contribution in [0.25, 0.3) is 16.8 Å². The summed E-state index contributed by atoms with van der Waals surface area (Å²) in [6, 6.07) is 7.17. The Labute approximate surface area is 127 Å². The SMILES string of the molecule is NC(=O)c1ccc2c(=O)[nH]c(-c3ccc(C(F)(F)F)cc3)cn12. The summed E-state index contributed by atoms with van der Waals surface area (Å²) in [6.45, 7) is 0. The van der Waals surface area contributed by atoms with E-state index in [2.05, 4.69) is 4.98 Å². The molecule has 0 aliphatic carbocycles. The van der Waals surface area contributed by atoms with Gasteiger partial charge in [0, 0.05) is 6.20 Å². The Balaban J connectivity index is 2.15. The van der Waals surface area contributed by atoms with E-state index in [1.807, 2.05) is 0 Å². The molecule has 8 heteroatoms. The van der Waals surface area contributed by atoms with Crippen LogP contribution in [0.5, 0.6) is 0 Å². The summed E-state index contributed by atoms with van der Waals surface area (Å²) < 4.78 is 39.1. The van der Waals surface area contributed by atoms with Crippen molar-refractivity contribution in [1.29, 1.82) is 0 Å². The molecule has 1 aromatic carbocycles. The van der Waals surface area contributed by atoms with Crippen LogP contribution >= 0.6 is 0 Å². The van der Waals surface area contributed by atoms with Gasteiger partial charge in [0.2, 0.25) is 0 Å². The summed E-state index contributed by atoms with van der Waals surface area (Å²) >= 11 is 0. The number of amides is 1. The van der Waals surface area contributed by atoms with Crippen LogP contribution in [-0.2, 0) is 6.18 Å². The highest BCUT2D eigenvalue weighted by atomic mass is 19.4. The molecule has 0 radical (unpaired) electrons. The molecule has 0 fully saturated rings. The fourth-order valence-corrected chi connectivity index (χ4v) is 2.31. The van der Waals surface area contributed by atoms with Crippen molar-refractivity contribution >= 4 is 11.4 Å². The van der Waals surface area contributed by atoms with Crippen molar-refractivity contribution in [2.75, 3.05) is 0 Å². The summed E-state index contributed by atoms with van der Waals surface area (Å²) in [6.07, 6.45) is -2.99. The summed E-state index contributed by atoms with van der Waals surface area (Å²) in [5, 5.41) is 0. The normalized spacial score (nSPS) is 11.8. The number of aromatic nitrogens is 2. The number of rotatable bonds is 2. The van der Waals surface area contributed by atoms with E-state index in [0.717, 1.165) is 12.1 Å². The molecule has 5 nitrogen and oxygen atoms in total. The van der Waals surface area contributed by atoms with Crippen molar-refractivity contribution in [2.24, 2.45) is 5.73 Å². The van der Waals surface area contributed by atoms with E-state index in [9.17, 15) is 22.8 Å². The van der Waals surface area contributed by atoms with E-state index in [-0.39, 0.29) is 16.9 Å². The summed E-state index contributed by atoms with van der Waals surface area (Å²) in [4.78, 5) is 25.9. The number of aromatic amines is 1. The van der Waals surface area contributed by atoms with Gasteiger partial charge in [0.1, 0.15) is 11.2 Å². The van der Waals surface area contributed by atoms with Crippen LogP contribution in [0.15, 0.2) is 47.4 Å². The molecule has 0 spiro atoms. The predicted octanol–water partition coefficient (Wildman–Crippen LogP) is 2.41. The number of hydrogen-bond donors (Lipinski definition) is 2. The largest absolute Gasteiger partial charge is 0.416 e. The second-order valence-electron chi connectivity index (χ2n) is 4.91. The molecular weight excluding hydrogens is 311 g/mol. The van der Waals surface area contributed by atoms with Crippen molar-refractivity contribution in [3.8, 4) is 11.3 Å². The van der Waals surface area contributed by atoms with Gasteiger partial charge in [-0.2, -0.15) is 13.2 Å². The third kappa shape index (κ3) is 2.59. The van der Waals surface area contributed by atoms with Crippen molar-refractivity contribution in [3.05, 3.63) is 64.2 Å². The second kappa shape index (κ2) is 5.01. The first-order valence-corrected chi connectivity index (χ1v) is 6.49. The van der Waals surface area contributed by atoms with Crippen LogP contribution in [0.4, 0.5) is 13.2 Å². The van der Waals surface area contributed by atoms with Crippen molar-refractivity contribution < 1.29 is 18.0 Å². The minimum absolute atomic E-state index is 0.110. The summed E-state index contributed by atoms with van der Waals surface area (Å²) in [7, 11) is 0. The molecule has 2 aromatic heterocycles. The second-order valence-corrected chi connectivity index (χ2v) is 4.91. The first-order chi connectivity index (χ1) is 10.8. The van der Waals surface area contributed by atoms with Crippen LogP contribution in [0.1, 0.15) is 16.1 Å². The Morgan fingerprint density at radius 2 is 1.74 bits per heavy atom. The smallest absolute Gasteiger partial charge is 0.364 e. The molecule has 0 aliphatic heterocycles. The molecule has 0 bridgehead atoms. The first kappa shape index (κ1) is 14.9. The number of H-pyrrole nitrogens is 1. The quantitative estimate of drug-likeness (QED) is 0.760. The number of carbonyl (C=O) groups is 1. The van der Waals surface area contributed by atoms with Gasteiger partial charge in [0.25, 0.3) is 11.5 Å². The Hall–Kier alpha value is -3.03. The monoisotopic (exact) mass is 321 g/mol.